The Morgan fingerprint density at radius 2 is 0.938 bits per heavy atom. The number of fused-ring (bicyclic) bond motifs is 2. The largest absolute Gasteiger partial charge is 0.387 e. The van der Waals surface area contributed by atoms with Crippen molar-refractivity contribution in [3.8, 4) is 0 Å². The van der Waals surface area contributed by atoms with Crippen LogP contribution in [0, 0.1) is 0 Å². The highest BCUT2D eigenvalue weighted by Crippen LogP contribution is 2.36. The summed E-state index contributed by atoms with van der Waals surface area (Å²) in [7, 11) is 3.02. The van der Waals surface area contributed by atoms with Gasteiger partial charge in [-0.05, 0) is 27.8 Å². The maximum absolute atomic E-state index is 12.8. The van der Waals surface area contributed by atoms with Crippen LogP contribution in [0.15, 0.2) is 164 Å². The number of aliphatic hydroxyl groups excluding tert-OH is 4. The Balaban J connectivity index is 0.000000186. The van der Waals surface area contributed by atoms with Crippen LogP contribution in [-0.2, 0) is 43.3 Å². The zero-order chi connectivity index (χ0) is 56.2. The number of amides is 1. The van der Waals surface area contributed by atoms with Crippen molar-refractivity contribution in [1.29, 1.82) is 0 Å². The zero-order valence-corrected chi connectivity index (χ0v) is 44.8. The van der Waals surface area contributed by atoms with Gasteiger partial charge in [-0.15, -0.1) is 0 Å². The summed E-state index contributed by atoms with van der Waals surface area (Å²) < 4.78 is 25.3. The number of nitrogens with zero attached hydrogens (tertiary/aromatic N) is 8. The van der Waals surface area contributed by atoms with E-state index in [1.54, 1.807) is 9.13 Å². The van der Waals surface area contributed by atoms with Crippen molar-refractivity contribution in [2.45, 2.75) is 80.4 Å². The van der Waals surface area contributed by atoms with Gasteiger partial charge in [-0.1, -0.05) is 152 Å². The van der Waals surface area contributed by atoms with Crippen molar-refractivity contribution in [2.75, 3.05) is 51.2 Å². The molecule has 2 saturated heterocycles. The summed E-state index contributed by atoms with van der Waals surface area (Å²) >= 11 is 0. The van der Waals surface area contributed by atoms with Crippen molar-refractivity contribution >= 4 is 39.9 Å². The van der Waals surface area contributed by atoms with Crippen LogP contribution in [0.3, 0.4) is 0 Å². The molecule has 2 aliphatic rings. The lowest BCUT2D eigenvalue weighted by atomic mass is 9.91. The Bertz CT molecular complexity index is 3360. The molecule has 2 fully saturated rings. The maximum Gasteiger partial charge on any atom is 0.224 e. The predicted octanol–water partition coefficient (Wildman–Crippen LogP) is 4.99. The summed E-state index contributed by atoms with van der Waals surface area (Å²) in [6.07, 6.45) is -4.59. The molecule has 1 amide bonds. The van der Waals surface area contributed by atoms with Gasteiger partial charge >= 0.3 is 0 Å². The lowest BCUT2D eigenvalue weighted by Gasteiger charge is -2.20. The molecular weight excluding hydrogens is 1030 g/mol. The number of aromatic nitrogens is 8. The smallest absolute Gasteiger partial charge is 0.224 e. The fraction of sp³-hybridized carbons (Fsp3) is 0.317. The molecule has 0 saturated carbocycles. The van der Waals surface area contributed by atoms with Gasteiger partial charge in [0.1, 0.15) is 42.4 Å². The number of methoxy groups -OCH3 is 2. The number of rotatable bonds is 21. The van der Waals surface area contributed by atoms with Crippen LogP contribution < -0.4 is 21.7 Å². The molecule has 4 aromatic heterocycles. The van der Waals surface area contributed by atoms with Gasteiger partial charge in [-0.25, -0.2) is 29.9 Å². The number of nitrogens with one attached hydrogen (secondary N) is 3. The molecule has 8 atom stereocenters. The monoisotopic (exact) mass is 1100 g/mol. The second-order valence-corrected chi connectivity index (χ2v) is 19.8. The highest BCUT2D eigenvalue weighted by Gasteiger charge is 2.45. The van der Waals surface area contributed by atoms with Gasteiger partial charge in [0.25, 0.3) is 0 Å². The summed E-state index contributed by atoms with van der Waals surface area (Å²) in [6.45, 7) is 1.53. The summed E-state index contributed by atoms with van der Waals surface area (Å²) in [5.41, 5.74) is 13.3. The van der Waals surface area contributed by atoms with Crippen LogP contribution in [0.5, 0.6) is 0 Å². The maximum atomic E-state index is 12.8. The molecule has 0 bridgehead atoms. The van der Waals surface area contributed by atoms with Crippen molar-refractivity contribution in [3.05, 3.63) is 204 Å². The van der Waals surface area contributed by atoms with E-state index in [1.807, 2.05) is 103 Å². The van der Waals surface area contributed by atoms with E-state index in [-0.39, 0.29) is 50.5 Å². The fourth-order valence-electron chi connectivity index (χ4n) is 10.3. The van der Waals surface area contributed by atoms with E-state index in [2.05, 4.69) is 84.4 Å². The number of ether oxygens (including phenoxy) is 4. The van der Waals surface area contributed by atoms with Gasteiger partial charge in [-0.3, -0.25) is 13.9 Å². The summed E-state index contributed by atoms with van der Waals surface area (Å²) in [5.74, 6) is 1.71. The minimum absolute atomic E-state index is 0.0125. The first-order valence-corrected chi connectivity index (χ1v) is 26.8. The SMILES string of the molecule is COC[C@H]1O[C@@H](n2cnc3c(NCC(c4ccccc4)c4ccccc4)nc(CN)nc32)[C@H](O)[C@@H]1O.COC[C@H]1O[C@@H](n2cnc3c(NCC(c4ccccc4)c4ccccc4)nc(CNC(=O)Cc4ccccc4)nc32)[C@H](O)[C@@H]1O. The minimum Gasteiger partial charge on any atom is -0.387 e. The van der Waals surface area contributed by atoms with Gasteiger partial charge < -0.3 is 61.1 Å². The number of benzene rings is 5. The third-order valence-corrected chi connectivity index (χ3v) is 14.4. The Labute approximate surface area is 467 Å². The Kier molecular flexibility index (Phi) is 18.4. The molecule has 81 heavy (non-hydrogen) atoms. The van der Waals surface area contributed by atoms with E-state index in [0.717, 1.165) is 16.7 Å². The third kappa shape index (κ3) is 12.9. The number of carbonyl (C=O) groups excluding carboxylic acids is 1. The minimum atomic E-state index is -1.23. The molecule has 0 unspecified atom stereocenters. The molecule has 21 nitrogen and oxygen atoms in total. The highest BCUT2D eigenvalue weighted by molar-refractivity contribution is 5.84. The van der Waals surface area contributed by atoms with Crippen LogP contribution in [0.25, 0.3) is 22.3 Å². The number of hydrogen-bond donors (Lipinski definition) is 8. The van der Waals surface area contributed by atoms with Crippen LogP contribution in [0.4, 0.5) is 11.6 Å². The second-order valence-electron chi connectivity index (χ2n) is 19.8. The summed E-state index contributed by atoms with van der Waals surface area (Å²) in [5, 5.41) is 52.4. The first-order valence-electron chi connectivity index (χ1n) is 26.8. The number of nitrogens with two attached hydrogens (primary N) is 1. The van der Waals surface area contributed by atoms with E-state index >= 15 is 0 Å². The van der Waals surface area contributed by atoms with Gasteiger partial charge in [-0.2, -0.15) is 0 Å². The molecular formula is C60H66N12O9. The highest BCUT2D eigenvalue weighted by atomic mass is 16.6. The lowest BCUT2D eigenvalue weighted by Crippen LogP contribution is -2.33. The molecule has 6 heterocycles. The van der Waals surface area contributed by atoms with Crippen LogP contribution in [0.1, 0.15) is 63.8 Å². The Morgan fingerprint density at radius 1 is 0.556 bits per heavy atom. The molecule has 9 aromatic rings. The average Bonchev–Trinajstić information content (AvgIpc) is 4.38. The zero-order valence-electron chi connectivity index (χ0n) is 44.8. The lowest BCUT2D eigenvalue weighted by molar-refractivity contribution is -0.120. The van der Waals surface area contributed by atoms with Gasteiger partial charge in [0, 0.05) is 39.1 Å². The molecule has 0 spiro atoms. The molecule has 9 N–H and O–H groups in total. The quantitative estimate of drug-likeness (QED) is 0.0470. The van der Waals surface area contributed by atoms with E-state index in [1.165, 1.54) is 38.0 Å². The normalized spacial score (nSPS) is 20.7. The number of aliphatic hydroxyl groups is 4. The van der Waals surface area contributed by atoms with Crippen LogP contribution in [0.2, 0.25) is 0 Å². The van der Waals surface area contributed by atoms with Crippen LogP contribution in [-0.4, -0.2) is 143 Å². The Hall–Kier alpha value is -8.09. The average molecular weight is 1100 g/mol. The molecule has 21 heteroatoms. The van der Waals surface area contributed by atoms with E-state index in [0.29, 0.717) is 58.7 Å². The van der Waals surface area contributed by atoms with E-state index in [9.17, 15) is 25.2 Å². The number of anilines is 2. The van der Waals surface area contributed by atoms with Crippen molar-refractivity contribution in [3.63, 3.8) is 0 Å². The summed E-state index contributed by atoms with van der Waals surface area (Å²) in [4.78, 5) is 40.5. The van der Waals surface area contributed by atoms with E-state index < -0.39 is 49.1 Å². The molecule has 0 aliphatic carbocycles. The number of carbonyl (C=O) groups is 1. The van der Waals surface area contributed by atoms with Gasteiger partial charge in [0.15, 0.2) is 52.2 Å². The standard InChI is InChI=1S/C34H36N6O5.C26H30N6O4/c1-44-20-26-30(42)31(43)34(45-26)40-21-37-29-32(36-18-25(23-13-7-3-8-14-23)24-15-9-4-10-16-24)38-27(39-33(29)40)19-35-28(41)17-22-11-5-2-6-12-22;1-35-14-19-22(33)23(34)26(36-19)32-15-29-21-24(30-20(12-27)31-25(21)32)28-13-18(16-8-4-2-5-9-16)17-10-6-3-7-11-17/h2-16,21,25-26,30-31,34,42-43H,17-20H2,1H3,(H,35,41)(H,36,38,39);2-11,15,18-19,22-23,26,33-34H,12-14,27H2,1H3,(H,28,30,31)/t26-,30-,31-,34-;19-,22-,23-,26-/m11/s1. The topological polar surface area (TPSA) is 284 Å². The molecule has 0 radical (unpaired) electrons. The van der Waals surface area contributed by atoms with Crippen molar-refractivity contribution < 1.29 is 44.2 Å². The first kappa shape index (κ1) is 56.2. The molecule has 420 valence electrons. The van der Waals surface area contributed by atoms with Gasteiger partial charge in [0.05, 0.1) is 45.4 Å². The predicted molar refractivity (Wildman–Crippen MR) is 303 cm³/mol. The van der Waals surface area contributed by atoms with Crippen molar-refractivity contribution in [1.82, 2.24) is 44.4 Å². The number of imidazole rings is 2. The van der Waals surface area contributed by atoms with Crippen LogP contribution >= 0.6 is 0 Å². The molecule has 11 rings (SSSR count). The van der Waals surface area contributed by atoms with E-state index in [4.69, 9.17) is 34.6 Å². The fourth-order valence-corrected chi connectivity index (χ4v) is 10.3. The molecule has 5 aromatic carbocycles. The van der Waals surface area contributed by atoms with Gasteiger partial charge in [0.2, 0.25) is 5.91 Å². The van der Waals surface area contributed by atoms with Crippen molar-refractivity contribution in [2.24, 2.45) is 5.73 Å². The number of hydrogen-bond acceptors (Lipinski definition) is 18. The first-order chi connectivity index (χ1) is 39.6. The summed E-state index contributed by atoms with van der Waals surface area (Å²) in [6, 6.07) is 50.5. The Morgan fingerprint density at radius 3 is 1.33 bits per heavy atom. The second kappa shape index (κ2) is 26.5. The third-order valence-electron chi connectivity index (χ3n) is 14.4. The molecule has 2 aliphatic heterocycles.